The first-order valence-electron chi connectivity index (χ1n) is 4.31. The lowest BCUT2D eigenvalue weighted by atomic mass is 10.1. The van der Waals surface area contributed by atoms with Crippen molar-refractivity contribution < 1.29 is 15.0 Å². The summed E-state index contributed by atoms with van der Waals surface area (Å²) in [5, 5.41) is 17.0. The first kappa shape index (κ1) is 10.3. The molecule has 3 nitrogen and oxygen atoms in total. The monoisotopic (exact) mass is 192 g/mol. The summed E-state index contributed by atoms with van der Waals surface area (Å²) in [7, 11) is 0. The number of benzene rings is 1. The van der Waals surface area contributed by atoms with Crippen LogP contribution in [0, 0.1) is 0 Å². The van der Waals surface area contributed by atoms with Crippen LogP contribution in [-0.4, -0.2) is 16.2 Å². The van der Waals surface area contributed by atoms with Gasteiger partial charge in [0.2, 0.25) is 0 Å². The molecule has 1 aromatic carbocycles. The van der Waals surface area contributed by atoms with Gasteiger partial charge in [0, 0.05) is 0 Å². The third-order valence-electron chi connectivity index (χ3n) is 1.81. The first-order chi connectivity index (χ1) is 6.72. The maximum absolute atomic E-state index is 10.4. The highest BCUT2D eigenvalue weighted by atomic mass is 16.4. The van der Waals surface area contributed by atoms with Gasteiger partial charge in [0.15, 0.2) is 0 Å². The van der Waals surface area contributed by atoms with Gasteiger partial charge in [-0.2, -0.15) is 0 Å². The van der Waals surface area contributed by atoms with E-state index in [0.717, 1.165) is 17.4 Å². The van der Waals surface area contributed by atoms with Crippen LogP contribution in [0.4, 0.5) is 0 Å². The van der Waals surface area contributed by atoms with Gasteiger partial charge < -0.3 is 10.2 Å². The molecule has 14 heavy (non-hydrogen) atoms. The zero-order chi connectivity index (χ0) is 10.4. The van der Waals surface area contributed by atoms with Crippen molar-refractivity contribution in [3.8, 4) is 0 Å². The van der Waals surface area contributed by atoms with Crippen LogP contribution in [0.3, 0.4) is 0 Å². The smallest absolute Gasteiger partial charge is 0.307 e. The van der Waals surface area contributed by atoms with E-state index in [4.69, 9.17) is 10.2 Å². The van der Waals surface area contributed by atoms with Gasteiger partial charge in [0.05, 0.1) is 12.7 Å². The Hall–Kier alpha value is -1.77. The second-order valence-corrected chi connectivity index (χ2v) is 2.98. The molecule has 0 atom stereocenters. The van der Waals surface area contributed by atoms with E-state index in [2.05, 4.69) is 0 Å². The minimum absolute atomic E-state index is 0.0384. The lowest BCUT2D eigenvalue weighted by molar-refractivity contribution is -0.136. The molecular formula is C11H12O3. The minimum Gasteiger partial charge on any atom is -0.516 e. The molecule has 74 valence electrons. The number of aliphatic hydroxyl groups is 1. The van der Waals surface area contributed by atoms with E-state index in [1.165, 1.54) is 0 Å². The number of carbonyl (C=O) groups is 1. The minimum atomic E-state index is -0.833. The van der Waals surface area contributed by atoms with Crippen molar-refractivity contribution in [1.82, 2.24) is 0 Å². The molecule has 2 N–H and O–H groups in total. The van der Waals surface area contributed by atoms with E-state index in [1.54, 1.807) is 12.1 Å². The Morgan fingerprint density at radius 3 is 2.71 bits per heavy atom. The number of rotatable bonds is 4. The van der Waals surface area contributed by atoms with E-state index < -0.39 is 5.97 Å². The molecule has 0 amide bonds. The lowest BCUT2D eigenvalue weighted by Crippen LogP contribution is -2.00. The zero-order valence-electron chi connectivity index (χ0n) is 7.68. The second-order valence-electron chi connectivity index (χ2n) is 2.98. The van der Waals surface area contributed by atoms with Crippen molar-refractivity contribution in [1.29, 1.82) is 0 Å². The molecule has 0 spiro atoms. The summed E-state index contributed by atoms with van der Waals surface area (Å²) in [5.74, 6) is -0.833. The van der Waals surface area contributed by atoms with Gasteiger partial charge >= 0.3 is 5.97 Å². The second kappa shape index (κ2) is 5.07. The Labute approximate surface area is 82.3 Å². The first-order valence-corrected chi connectivity index (χ1v) is 4.31. The van der Waals surface area contributed by atoms with Crippen molar-refractivity contribution in [3.63, 3.8) is 0 Å². The predicted molar refractivity (Wildman–Crippen MR) is 53.3 cm³/mol. The molecule has 1 rings (SSSR count). The highest BCUT2D eigenvalue weighted by Crippen LogP contribution is 2.07. The summed E-state index contributed by atoms with van der Waals surface area (Å²) in [6, 6.07) is 7.32. The number of hydrogen-bond donors (Lipinski definition) is 2. The van der Waals surface area contributed by atoms with Gasteiger partial charge in [-0.05, 0) is 23.6 Å². The van der Waals surface area contributed by atoms with Gasteiger partial charge in [-0.3, -0.25) is 4.79 Å². The van der Waals surface area contributed by atoms with Crippen molar-refractivity contribution in [2.24, 2.45) is 0 Å². The van der Waals surface area contributed by atoms with Gasteiger partial charge in [0.25, 0.3) is 0 Å². The number of allylic oxidation sites excluding steroid dienone is 1. The third kappa shape index (κ3) is 3.31. The van der Waals surface area contributed by atoms with E-state index in [-0.39, 0.29) is 6.42 Å². The average molecular weight is 192 g/mol. The Morgan fingerprint density at radius 1 is 1.36 bits per heavy atom. The SMILES string of the molecule is O=C(O)Cc1cccc(CC=CO)c1. The largest absolute Gasteiger partial charge is 0.516 e. The molecule has 0 aliphatic carbocycles. The molecule has 0 aromatic heterocycles. The van der Waals surface area contributed by atoms with Crippen LogP contribution in [0.25, 0.3) is 0 Å². The normalized spacial score (nSPS) is 10.6. The molecule has 1 aromatic rings. The van der Waals surface area contributed by atoms with Crippen molar-refractivity contribution >= 4 is 5.97 Å². The average Bonchev–Trinajstić information content (AvgIpc) is 2.14. The van der Waals surface area contributed by atoms with Crippen molar-refractivity contribution in [2.75, 3.05) is 0 Å². The fourth-order valence-electron chi connectivity index (χ4n) is 1.23. The molecule has 0 aliphatic heterocycles. The van der Waals surface area contributed by atoms with E-state index in [1.807, 2.05) is 18.2 Å². The molecule has 0 unspecified atom stereocenters. The molecule has 0 radical (unpaired) electrons. The Balaban J connectivity index is 2.73. The molecule has 0 saturated carbocycles. The molecule has 3 heteroatoms. The van der Waals surface area contributed by atoms with Gasteiger partial charge in [-0.25, -0.2) is 0 Å². The van der Waals surface area contributed by atoms with Gasteiger partial charge in [-0.1, -0.05) is 24.3 Å². The van der Waals surface area contributed by atoms with Crippen LogP contribution in [0.5, 0.6) is 0 Å². The molecular weight excluding hydrogens is 180 g/mol. The van der Waals surface area contributed by atoms with Gasteiger partial charge in [0.1, 0.15) is 0 Å². The van der Waals surface area contributed by atoms with Crippen LogP contribution in [0.15, 0.2) is 36.6 Å². The quantitative estimate of drug-likeness (QED) is 0.716. The van der Waals surface area contributed by atoms with E-state index in [0.29, 0.717) is 6.42 Å². The maximum atomic E-state index is 10.4. The fourth-order valence-corrected chi connectivity index (χ4v) is 1.23. The highest BCUT2D eigenvalue weighted by Gasteiger charge is 2.00. The summed E-state index contributed by atoms with van der Waals surface area (Å²) in [6.07, 6.45) is 3.25. The van der Waals surface area contributed by atoms with Crippen molar-refractivity contribution in [2.45, 2.75) is 12.8 Å². The number of carboxylic acids is 1. The van der Waals surface area contributed by atoms with Crippen LogP contribution < -0.4 is 0 Å². The zero-order valence-corrected chi connectivity index (χ0v) is 7.68. The predicted octanol–water partition coefficient (Wildman–Crippen LogP) is 1.93. The molecule has 0 saturated heterocycles. The maximum Gasteiger partial charge on any atom is 0.307 e. The third-order valence-corrected chi connectivity index (χ3v) is 1.81. The van der Waals surface area contributed by atoms with Crippen molar-refractivity contribution in [3.05, 3.63) is 47.7 Å². The van der Waals surface area contributed by atoms with Crippen LogP contribution in [0.1, 0.15) is 11.1 Å². The number of carboxylic acid groups (broad SMARTS) is 1. The van der Waals surface area contributed by atoms with Crippen LogP contribution >= 0.6 is 0 Å². The summed E-state index contributed by atoms with van der Waals surface area (Å²) < 4.78 is 0. The Morgan fingerprint density at radius 2 is 2.07 bits per heavy atom. The van der Waals surface area contributed by atoms with Crippen LogP contribution in [0.2, 0.25) is 0 Å². The number of aliphatic hydroxyl groups excluding tert-OH is 1. The highest BCUT2D eigenvalue weighted by molar-refractivity contribution is 5.70. The summed E-state index contributed by atoms with van der Waals surface area (Å²) in [4.78, 5) is 10.4. The summed E-state index contributed by atoms with van der Waals surface area (Å²) >= 11 is 0. The van der Waals surface area contributed by atoms with Gasteiger partial charge in [-0.15, -0.1) is 0 Å². The van der Waals surface area contributed by atoms with Crippen LogP contribution in [-0.2, 0) is 17.6 Å². The number of aliphatic carboxylic acids is 1. The molecule has 0 heterocycles. The number of hydrogen-bond acceptors (Lipinski definition) is 2. The molecule has 0 aliphatic rings. The molecule has 0 fully saturated rings. The Bertz CT molecular complexity index is 342. The fraction of sp³-hybridized carbons (Fsp3) is 0.182. The summed E-state index contributed by atoms with van der Waals surface area (Å²) in [5.41, 5.74) is 1.77. The lowest BCUT2D eigenvalue weighted by Gasteiger charge is -2.00. The summed E-state index contributed by atoms with van der Waals surface area (Å²) in [6.45, 7) is 0. The Kier molecular flexibility index (Phi) is 3.73. The molecule has 0 bridgehead atoms. The van der Waals surface area contributed by atoms with E-state index in [9.17, 15) is 4.79 Å². The standard InChI is InChI=1S/C11H12O3/c12-6-2-5-9-3-1-4-10(7-9)8-11(13)14/h1-4,6-7,12H,5,8H2,(H,13,14). The van der Waals surface area contributed by atoms with E-state index >= 15 is 0 Å². The topological polar surface area (TPSA) is 57.5 Å².